The number of amides is 1. The fourth-order valence-corrected chi connectivity index (χ4v) is 2.96. The number of carbonyl (C=O) groups excluding carboxylic acids is 1. The van der Waals surface area contributed by atoms with Crippen molar-refractivity contribution in [3.8, 4) is 0 Å². The number of aliphatic imine (C=N–C) groups is 1. The van der Waals surface area contributed by atoms with E-state index in [1.54, 1.807) is 4.90 Å². The van der Waals surface area contributed by atoms with Crippen molar-refractivity contribution >= 4 is 35.8 Å². The summed E-state index contributed by atoms with van der Waals surface area (Å²) >= 11 is 0. The van der Waals surface area contributed by atoms with Crippen LogP contribution < -0.4 is 5.32 Å². The summed E-state index contributed by atoms with van der Waals surface area (Å²) in [5.41, 5.74) is -0.213. The number of carbonyl (C=O) groups is 1. The molecule has 0 radical (unpaired) electrons. The second kappa shape index (κ2) is 6.76. The van der Waals surface area contributed by atoms with Crippen molar-refractivity contribution in [3.63, 3.8) is 0 Å². The number of nitrogens with one attached hydrogen (secondary N) is 1. The Morgan fingerprint density at radius 3 is 2.53 bits per heavy atom. The number of guanidine groups is 1. The Kier molecular flexibility index (Phi) is 5.88. The van der Waals surface area contributed by atoms with E-state index >= 15 is 0 Å². The van der Waals surface area contributed by atoms with Gasteiger partial charge in [0.15, 0.2) is 5.96 Å². The second-order valence-corrected chi connectivity index (χ2v) is 5.67. The third-order valence-corrected chi connectivity index (χ3v) is 4.06. The van der Waals surface area contributed by atoms with Crippen molar-refractivity contribution in [2.45, 2.75) is 25.7 Å². The number of hydrogen-bond acceptors (Lipinski definition) is 4. The predicted octanol–water partition coefficient (Wildman–Crippen LogP) is 1.14. The fourth-order valence-electron chi connectivity index (χ4n) is 2.96. The van der Waals surface area contributed by atoms with Crippen LogP contribution in [0, 0.1) is 5.41 Å². The zero-order valence-electron chi connectivity index (χ0n) is 12.1. The molecule has 0 aromatic heterocycles. The molecule has 1 amide bonds. The standard InChI is InChI=1S/C13H24N4O.HI/c1-16(2)11(18)13(6-4-5-7-13)10-15-12-14-8-9-17(12)3;/h4-10H2,1-3H3,(H,14,15);1H. The maximum atomic E-state index is 12.4. The minimum atomic E-state index is -0.213. The SMILES string of the molecule is CN(C)C(=O)C1(CNC2=NCCN2C)CCCC1.I. The summed E-state index contributed by atoms with van der Waals surface area (Å²) in [5, 5.41) is 3.38. The first-order valence-electron chi connectivity index (χ1n) is 6.76. The van der Waals surface area contributed by atoms with Gasteiger partial charge in [0.25, 0.3) is 0 Å². The zero-order chi connectivity index (χ0) is 13.2. The lowest BCUT2D eigenvalue weighted by atomic mass is 9.84. The van der Waals surface area contributed by atoms with E-state index in [9.17, 15) is 4.79 Å². The topological polar surface area (TPSA) is 47.9 Å². The first-order valence-corrected chi connectivity index (χ1v) is 6.76. The van der Waals surface area contributed by atoms with E-state index in [4.69, 9.17) is 0 Å². The number of halogens is 1. The van der Waals surface area contributed by atoms with Crippen LogP contribution in [0.3, 0.4) is 0 Å². The fraction of sp³-hybridized carbons (Fsp3) is 0.846. The molecule has 0 atom stereocenters. The Bertz CT molecular complexity index is 351. The van der Waals surface area contributed by atoms with E-state index in [0.29, 0.717) is 6.54 Å². The molecule has 0 unspecified atom stereocenters. The van der Waals surface area contributed by atoms with Crippen molar-refractivity contribution in [3.05, 3.63) is 0 Å². The molecular formula is C13H25IN4O. The maximum Gasteiger partial charge on any atom is 0.230 e. The van der Waals surface area contributed by atoms with Gasteiger partial charge >= 0.3 is 0 Å². The quantitative estimate of drug-likeness (QED) is 0.748. The lowest BCUT2D eigenvalue weighted by molar-refractivity contribution is -0.138. The molecule has 0 spiro atoms. The van der Waals surface area contributed by atoms with Crippen LogP contribution in [0.4, 0.5) is 0 Å². The molecule has 2 rings (SSSR count). The summed E-state index contributed by atoms with van der Waals surface area (Å²) < 4.78 is 0. The monoisotopic (exact) mass is 380 g/mol. The number of rotatable bonds is 3. The molecule has 1 aliphatic heterocycles. The van der Waals surface area contributed by atoms with Crippen molar-refractivity contribution < 1.29 is 4.79 Å². The molecule has 0 aromatic carbocycles. The van der Waals surface area contributed by atoms with Crippen LogP contribution in [0.2, 0.25) is 0 Å². The van der Waals surface area contributed by atoms with Gasteiger partial charge in [0.2, 0.25) is 5.91 Å². The Morgan fingerprint density at radius 1 is 1.42 bits per heavy atom. The highest BCUT2D eigenvalue weighted by Gasteiger charge is 2.42. The van der Waals surface area contributed by atoms with Crippen molar-refractivity contribution in [1.29, 1.82) is 0 Å². The summed E-state index contributed by atoms with van der Waals surface area (Å²) in [6, 6.07) is 0. The molecule has 2 aliphatic rings. The van der Waals surface area contributed by atoms with E-state index in [0.717, 1.165) is 44.7 Å². The molecule has 1 aliphatic carbocycles. The molecule has 0 aromatic rings. The van der Waals surface area contributed by atoms with Crippen LogP contribution in [-0.4, -0.2) is 62.4 Å². The number of nitrogens with zero attached hydrogens (tertiary/aromatic N) is 3. The molecule has 1 fully saturated rings. The van der Waals surface area contributed by atoms with Crippen LogP contribution in [-0.2, 0) is 4.79 Å². The van der Waals surface area contributed by atoms with E-state index in [2.05, 4.69) is 15.2 Å². The minimum absolute atomic E-state index is 0. The Morgan fingerprint density at radius 2 is 2.05 bits per heavy atom. The van der Waals surface area contributed by atoms with Gasteiger partial charge in [0.05, 0.1) is 12.0 Å². The average Bonchev–Trinajstić information content (AvgIpc) is 2.95. The highest BCUT2D eigenvalue weighted by molar-refractivity contribution is 14.0. The molecule has 6 heteroatoms. The Hall–Kier alpha value is -0.530. The van der Waals surface area contributed by atoms with Gasteiger partial charge < -0.3 is 15.1 Å². The molecule has 5 nitrogen and oxygen atoms in total. The first-order chi connectivity index (χ1) is 8.55. The lowest BCUT2D eigenvalue weighted by Gasteiger charge is -2.31. The molecule has 1 heterocycles. The third kappa shape index (κ3) is 3.52. The minimum Gasteiger partial charge on any atom is -0.355 e. The highest BCUT2D eigenvalue weighted by Crippen LogP contribution is 2.38. The molecule has 1 saturated carbocycles. The highest BCUT2D eigenvalue weighted by atomic mass is 127. The van der Waals surface area contributed by atoms with Crippen LogP contribution >= 0.6 is 24.0 Å². The van der Waals surface area contributed by atoms with E-state index in [-0.39, 0.29) is 35.3 Å². The van der Waals surface area contributed by atoms with Crippen LogP contribution in [0.5, 0.6) is 0 Å². The van der Waals surface area contributed by atoms with Crippen LogP contribution in [0.1, 0.15) is 25.7 Å². The largest absolute Gasteiger partial charge is 0.355 e. The smallest absolute Gasteiger partial charge is 0.230 e. The summed E-state index contributed by atoms with van der Waals surface area (Å²) in [6.07, 6.45) is 4.30. The lowest BCUT2D eigenvalue weighted by Crippen LogP contribution is -2.48. The summed E-state index contributed by atoms with van der Waals surface area (Å²) in [5.74, 6) is 1.20. The molecule has 1 N–H and O–H groups in total. The summed E-state index contributed by atoms with van der Waals surface area (Å²) in [7, 11) is 5.73. The van der Waals surface area contributed by atoms with Gasteiger partial charge in [0, 0.05) is 34.2 Å². The van der Waals surface area contributed by atoms with Gasteiger partial charge in [-0.1, -0.05) is 12.8 Å². The second-order valence-electron chi connectivity index (χ2n) is 5.67. The van der Waals surface area contributed by atoms with E-state index in [1.165, 1.54) is 0 Å². The van der Waals surface area contributed by atoms with Crippen LogP contribution in [0.25, 0.3) is 0 Å². The normalized spacial score (nSPS) is 20.8. The van der Waals surface area contributed by atoms with E-state index < -0.39 is 0 Å². The van der Waals surface area contributed by atoms with Gasteiger partial charge in [-0.05, 0) is 12.8 Å². The Balaban J connectivity index is 0.00000180. The third-order valence-electron chi connectivity index (χ3n) is 4.06. The molecule has 0 bridgehead atoms. The van der Waals surface area contributed by atoms with E-state index in [1.807, 2.05) is 21.1 Å². The van der Waals surface area contributed by atoms with Crippen molar-refractivity contribution in [2.75, 3.05) is 40.8 Å². The summed E-state index contributed by atoms with van der Waals surface area (Å²) in [4.78, 5) is 20.6. The Labute approximate surface area is 132 Å². The molecule has 19 heavy (non-hydrogen) atoms. The van der Waals surface area contributed by atoms with Gasteiger partial charge in [-0.15, -0.1) is 24.0 Å². The van der Waals surface area contributed by atoms with Gasteiger partial charge in [-0.3, -0.25) is 9.79 Å². The zero-order valence-corrected chi connectivity index (χ0v) is 14.4. The predicted molar refractivity (Wildman–Crippen MR) is 87.9 cm³/mol. The van der Waals surface area contributed by atoms with Crippen molar-refractivity contribution in [2.24, 2.45) is 10.4 Å². The number of likely N-dealkylation sites (N-methyl/N-ethyl adjacent to an activating group) is 1. The van der Waals surface area contributed by atoms with Crippen molar-refractivity contribution in [1.82, 2.24) is 15.1 Å². The van der Waals surface area contributed by atoms with Gasteiger partial charge in [0.1, 0.15) is 0 Å². The maximum absolute atomic E-state index is 12.4. The summed E-state index contributed by atoms with van der Waals surface area (Å²) in [6.45, 7) is 2.54. The molecule has 0 saturated heterocycles. The van der Waals surface area contributed by atoms with Crippen LogP contribution in [0.15, 0.2) is 4.99 Å². The van der Waals surface area contributed by atoms with Gasteiger partial charge in [-0.25, -0.2) is 0 Å². The van der Waals surface area contributed by atoms with Gasteiger partial charge in [-0.2, -0.15) is 0 Å². The average molecular weight is 380 g/mol. The molecular weight excluding hydrogens is 355 g/mol. The molecule has 110 valence electrons. The number of hydrogen-bond donors (Lipinski definition) is 1. The first kappa shape index (κ1) is 16.5.